The molecule has 14 heavy (non-hydrogen) atoms. The summed E-state index contributed by atoms with van der Waals surface area (Å²) in [5.41, 5.74) is 2.62. The fourth-order valence-electron chi connectivity index (χ4n) is 1.84. The summed E-state index contributed by atoms with van der Waals surface area (Å²) in [7, 11) is 0. The van der Waals surface area contributed by atoms with Crippen LogP contribution < -0.4 is 0 Å². The van der Waals surface area contributed by atoms with Crippen molar-refractivity contribution in [2.24, 2.45) is 0 Å². The lowest BCUT2D eigenvalue weighted by Gasteiger charge is -2.26. The highest BCUT2D eigenvalue weighted by atomic mass is 35.5. The highest BCUT2D eigenvalue weighted by molar-refractivity contribution is 6.28. The Morgan fingerprint density at radius 2 is 2.21 bits per heavy atom. The molecule has 3 rings (SSSR count). The van der Waals surface area contributed by atoms with Crippen LogP contribution in [0.2, 0.25) is 5.28 Å². The van der Waals surface area contributed by atoms with Crippen LogP contribution in [0.3, 0.4) is 0 Å². The molecule has 4 heteroatoms. The molecule has 1 aromatic heterocycles. The monoisotopic (exact) mass is 206 g/mol. The van der Waals surface area contributed by atoms with Crippen molar-refractivity contribution in [3.05, 3.63) is 46.6 Å². The van der Waals surface area contributed by atoms with Crippen LogP contribution in [0.1, 0.15) is 22.9 Å². The summed E-state index contributed by atoms with van der Waals surface area (Å²) in [4.78, 5) is 4.02. The van der Waals surface area contributed by atoms with E-state index in [-0.39, 0.29) is 11.2 Å². The van der Waals surface area contributed by atoms with E-state index in [1.54, 1.807) is 0 Å². The van der Waals surface area contributed by atoms with Crippen LogP contribution in [-0.2, 0) is 6.42 Å². The Bertz CT molecular complexity index is 480. The van der Waals surface area contributed by atoms with Gasteiger partial charge in [0.05, 0.1) is 5.92 Å². The molecule has 1 unspecified atom stereocenters. The van der Waals surface area contributed by atoms with Gasteiger partial charge < -0.3 is 4.52 Å². The summed E-state index contributed by atoms with van der Waals surface area (Å²) in [6, 6.07) is 8.25. The number of aromatic nitrogens is 2. The average Bonchev–Trinajstić information content (AvgIpc) is 2.54. The van der Waals surface area contributed by atoms with Crippen molar-refractivity contribution in [3.63, 3.8) is 0 Å². The van der Waals surface area contributed by atoms with Crippen LogP contribution in [0.4, 0.5) is 0 Å². The number of fused-ring (bicyclic) bond motifs is 1. The first kappa shape index (κ1) is 8.00. The van der Waals surface area contributed by atoms with Crippen LogP contribution in [0.25, 0.3) is 0 Å². The zero-order chi connectivity index (χ0) is 9.54. The van der Waals surface area contributed by atoms with E-state index in [2.05, 4.69) is 22.3 Å². The van der Waals surface area contributed by atoms with Crippen LogP contribution in [-0.4, -0.2) is 10.1 Å². The molecule has 0 saturated carbocycles. The predicted molar refractivity (Wildman–Crippen MR) is 51.3 cm³/mol. The molecular weight excluding hydrogens is 200 g/mol. The maximum Gasteiger partial charge on any atom is 0.263 e. The topological polar surface area (TPSA) is 38.9 Å². The van der Waals surface area contributed by atoms with Crippen molar-refractivity contribution >= 4 is 11.6 Å². The quantitative estimate of drug-likeness (QED) is 0.719. The Balaban J connectivity index is 1.99. The molecule has 0 N–H and O–H groups in total. The molecule has 2 aromatic rings. The Morgan fingerprint density at radius 3 is 2.93 bits per heavy atom. The van der Waals surface area contributed by atoms with Crippen molar-refractivity contribution in [1.29, 1.82) is 0 Å². The highest BCUT2D eigenvalue weighted by Gasteiger charge is 2.31. The lowest BCUT2D eigenvalue weighted by molar-refractivity contribution is 0.355. The van der Waals surface area contributed by atoms with Crippen molar-refractivity contribution in [2.45, 2.75) is 12.3 Å². The molecule has 0 bridgehead atoms. The summed E-state index contributed by atoms with van der Waals surface area (Å²) in [6.45, 7) is 0. The van der Waals surface area contributed by atoms with Gasteiger partial charge in [0.25, 0.3) is 5.28 Å². The van der Waals surface area contributed by atoms with Gasteiger partial charge in [-0.2, -0.15) is 4.98 Å². The van der Waals surface area contributed by atoms with Gasteiger partial charge in [0, 0.05) is 0 Å². The fraction of sp³-hybridized carbons (Fsp3) is 0.200. The summed E-state index contributed by atoms with van der Waals surface area (Å²) in [5.74, 6) is 0.861. The zero-order valence-corrected chi connectivity index (χ0v) is 8.03. The summed E-state index contributed by atoms with van der Waals surface area (Å²) >= 11 is 5.60. The molecule has 1 aliphatic carbocycles. The SMILES string of the molecule is Clc1noc(C2Cc3ccccc32)n1. The number of hydrogen-bond acceptors (Lipinski definition) is 3. The highest BCUT2D eigenvalue weighted by Crippen LogP contribution is 2.39. The van der Waals surface area contributed by atoms with Crippen LogP contribution in [0.15, 0.2) is 28.8 Å². The second-order valence-corrected chi connectivity index (χ2v) is 3.70. The fourth-order valence-corrected chi connectivity index (χ4v) is 1.95. The second kappa shape index (κ2) is 2.82. The third-order valence-electron chi connectivity index (χ3n) is 2.57. The van der Waals surface area contributed by atoms with E-state index >= 15 is 0 Å². The van der Waals surface area contributed by atoms with Crippen molar-refractivity contribution in [1.82, 2.24) is 10.1 Å². The van der Waals surface area contributed by atoms with Crippen molar-refractivity contribution < 1.29 is 4.52 Å². The molecule has 0 amide bonds. The van der Waals surface area contributed by atoms with E-state index in [1.165, 1.54) is 11.1 Å². The lowest BCUT2D eigenvalue weighted by atomic mass is 9.77. The average molecular weight is 207 g/mol. The Labute approximate surface area is 85.7 Å². The van der Waals surface area contributed by atoms with Gasteiger partial charge in [-0.3, -0.25) is 0 Å². The normalized spacial score (nSPS) is 18.8. The van der Waals surface area contributed by atoms with E-state index in [0.29, 0.717) is 5.89 Å². The first-order valence-corrected chi connectivity index (χ1v) is 4.79. The zero-order valence-electron chi connectivity index (χ0n) is 7.27. The minimum Gasteiger partial charge on any atom is -0.337 e. The van der Waals surface area contributed by atoms with Gasteiger partial charge in [-0.05, 0) is 34.3 Å². The third-order valence-corrected chi connectivity index (χ3v) is 2.72. The number of rotatable bonds is 1. The molecule has 0 fully saturated rings. The molecule has 0 aliphatic heterocycles. The molecular formula is C10H7ClN2O. The van der Waals surface area contributed by atoms with Gasteiger partial charge in [0.15, 0.2) is 0 Å². The van der Waals surface area contributed by atoms with Crippen LogP contribution in [0.5, 0.6) is 0 Å². The molecule has 0 saturated heterocycles. The first-order chi connectivity index (χ1) is 6.84. The Kier molecular flexibility index (Phi) is 1.61. The predicted octanol–water partition coefficient (Wildman–Crippen LogP) is 2.41. The van der Waals surface area contributed by atoms with Crippen molar-refractivity contribution in [3.8, 4) is 0 Å². The molecule has 70 valence electrons. The minimum atomic E-state index is 0.185. The van der Waals surface area contributed by atoms with E-state index in [1.807, 2.05) is 12.1 Å². The van der Waals surface area contributed by atoms with E-state index in [9.17, 15) is 0 Å². The Morgan fingerprint density at radius 1 is 1.36 bits per heavy atom. The molecule has 0 spiro atoms. The maximum absolute atomic E-state index is 5.60. The number of hydrogen-bond donors (Lipinski definition) is 0. The number of nitrogens with zero attached hydrogens (tertiary/aromatic N) is 2. The maximum atomic E-state index is 5.60. The van der Waals surface area contributed by atoms with Gasteiger partial charge in [-0.15, -0.1) is 0 Å². The van der Waals surface area contributed by atoms with E-state index in [4.69, 9.17) is 16.1 Å². The van der Waals surface area contributed by atoms with E-state index in [0.717, 1.165) is 6.42 Å². The van der Waals surface area contributed by atoms with Gasteiger partial charge in [-0.1, -0.05) is 24.3 Å². The van der Waals surface area contributed by atoms with Gasteiger partial charge in [-0.25, -0.2) is 0 Å². The molecule has 0 radical (unpaired) electrons. The molecule has 3 nitrogen and oxygen atoms in total. The summed E-state index contributed by atoms with van der Waals surface area (Å²) in [6.07, 6.45) is 0.967. The summed E-state index contributed by atoms with van der Waals surface area (Å²) < 4.78 is 5.03. The number of halogens is 1. The van der Waals surface area contributed by atoms with Crippen LogP contribution in [0, 0.1) is 0 Å². The van der Waals surface area contributed by atoms with Gasteiger partial charge in [0.1, 0.15) is 0 Å². The molecule has 1 aliphatic rings. The van der Waals surface area contributed by atoms with Crippen LogP contribution >= 0.6 is 11.6 Å². The standard InChI is InChI=1S/C10H7ClN2O/c11-10-12-9(14-13-10)8-5-6-3-1-2-4-7(6)8/h1-4,8H,5H2. The summed E-state index contributed by atoms with van der Waals surface area (Å²) in [5, 5.41) is 3.76. The van der Waals surface area contributed by atoms with Gasteiger partial charge in [0.2, 0.25) is 5.89 Å². The molecule has 1 aromatic carbocycles. The Hall–Kier alpha value is -1.35. The second-order valence-electron chi connectivity index (χ2n) is 3.36. The van der Waals surface area contributed by atoms with Gasteiger partial charge >= 0.3 is 0 Å². The lowest BCUT2D eigenvalue weighted by Crippen LogP contribution is -2.18. The van der Waals surface area contributed by atoms with E-state index < -0.39 is 0 Å². The smallest absolute Gasteiger partial charge is 0.263 e. The molecule has 1 atom stereocenters. The number of benzene rings is 1. The van der Waals surface area contributed by atoms with Crippen molar-refractivity contribution in [2.75, 3.05) is 0 Å². The first-order valence-electron chi connectivity index (χ1n) is 4.41. The largest absolute Gasteiger partial charge is 0.337 e. The third kappa shape index (κ3) is 1.06. The minimum absolute atomic E-state index is 0.185. The molecule has 1 heterocycles.